The molecule has 1 aromatic heterocycles. The van der Waals surface area contributed by atoms with Crippen molar-refractivity contribution < 1.29 is 4.74 Å². The van der Waals surface area contributed by atoms with Crippen molar-refractivity contribution in [2.45, 2.75) is 33.1 Å². The van der Waals surface area contributed by atoms with Gasteiger partial charge in [-0.2, -0.15) is 16.7 Å². The molecule has 1 fully saturated rings. The predicted molar refractivity (Wildman–Crippen MR) is 81.1 cm³/mol. The highest BCUT2D eigenvalue weighted by atomic mass is 32.2. The first kappa shape index (κ1) is 14.4. The first-order valence-electron chi connectivity index (χ1n) is 7.08. The first-order valence-corrected chi connectivity index (χ1v) is 8.23. The molecule has 19 heavy (non-hydrogen) atoms. The summed E-state index contributed by atoms with van der Waals surface area (Å²) in [5.74, 6) is 4.70. The molecule has 5 heteroatoms. The van der Waals surface area contributed by atoms with Crippen LogP contribution in [0.5, 0.6) is 5.88 Å². The van der Waals surface area contributed by atoms with E-state index in [4.69, 9.17) is 4.74 Å². The number of ether oxygens (including phenoxy) is 1. The lowest BCUT2D eigenvalue weighted by atomic mass is 10.0. The molecule has 2 rings (SSSR count). The van der Waals surface area contributed by atoms with Gasteiger partial charge in [-0.15, -0.1) is 0 Å². The Kier molecular flexibility index (Phi) is 5.76. The minimum Gasteiger partial charge on any atom is -0.478 e. The molecule has 0 aromatic carbocycles. The maximum absolute atomic E-state index is 5.57. The van der Waals surface area contributed by atoms with Crippen LogP contribution in [0.25, 0.3) is 0 Å². The molecule has 0 saturated carbocycles. The summed E-state index contributed by atoms with van der Waals surface area (Å²) in [5, 5.41) is 3.36. The number of hydrogen-bond acceptors (Lipinski definition) is 5. The Bertz CT molecular complexity index is 394. The van der Waals surface area contributed by atoms with E-state index >= 15 is 0 Å². The van der Waals surface area contributed by atoms with Gasteiger partial charge in [-0.1, -0.05) is 6.92 Å². The lowest BCUT2D eigenvalue weighted by Gasteiger charge is -2.21. The lowest BCUT2D eigenvalue weighted by molar-refractivity contribution is 0.305. The van der Waals surface area contributed by atoms with Gasteiger partial charge in [-0.3, -0.25) is 0 Å². The minimum atomic E-state index is 0.677. The number of aromatic nitrogens is 2. The molecular formula is C14H23N3OS. The van der Waals surface area contributed by atoms with Gasteiger partial charge in [0.2, 0.25) is 11.8 Å². The van der Waals surface area contributed by atoms with E-state index in [-0.39, 0.29) is 0 Å². The summed E-state index contributed by atoms with van der Waals surface area (Å²) in [6, 6.07) is 1.89. The highest BCUT2D eigenvalue weighted by molar-refractivity contribution is 7.99. The van der Waals surface area contributed by atoms with Gasteiger partial charge in [0.05, 0.1) is 6.61 Å². The predicted octanol–water partition coefficient (Wildman–Crippen LogP) is 3.13. The van der Waals surface area contributed by atoms with Crippen molar-refractivity contribution in [3.8, 4) is 5.88 Å². The Labute approximate surface area is 119 Å². The van der Waals surface area contributed by atoms with Crippen LogP contribution in [0.4, 0.5) is 5.95 Å². The van der Waals surface area contributed by atoms with Crippen LogP contribution in [-0.4, -0.2) is 34.6 Å². The van der Waals surface area contributed by atoms with Crippen LogP contribution in [0.15, 0.2) is 6.07 Å². The monoisotopic (exact) mass is 281 g/mol. The summed E-state index contributed by atoms with van der Waals surface area (Å²) in [6.45, 7) is 5.74. The third kappa shape index (κ3) is 4.90. The Morgan fingerprint density at radius 3 is 2.89 bits per heavy atom. The Balaban J connectivity index is 1.89. The summed E-state index contributed by atoms with van der Waals surface area (Å²) < 4.78 is 5.57. The molecule has 0 spiro atoms. The fraction of sp³-hybridized carbons (Fsp3) is 0.714. The van der Waals surface area contributed by atoms with E-state index in [9.17, 15) is 0 Å². The second kappa shape index (κ2) is 7.58. The van der Waals surface area contributed by atoms with Gasteiger partial charge < -0.3 is 10.1 Å². The van der Waals surface area contributed by atoms with Crippen LogP contribution in [0.3, 0.4) is 0 Å². The van der Waals surface area contributed by atoms with E-state index in [0.29, 0.717) is 18.4 Å². The zero-order valence-electron chi connectivity index (χ0n) is 11.8. The van der Waals surface area contributed by atoms with Gasteiger partial charge >= 0.3 is 0 Å². The number of anilines is 1. The molecule has 1 aliphatic heterocycles. The van der Waals surface area contributed by atoms with E-state index < -0.39 is 0 Å². The molecule has 0 aliphatic carbocycles. The van der Waals surface area contributed by atoms with Gasteiger partial charge in [0, 0.05) is 18.3 Å². The van der Waals surface area contributed by atoms with E-state index in [1.165, 1.54) is 24.3 Å². The molecule has 106 valence electrons. The summed E-state index contributed by atoms with van der Waals surface area (Å²) in [5.41, 5.74) is 0.947. The topological polar surface area (TPSA) is 47.0 Å². The molecule has 0 radical (unpaired) electrons. The molecule has 0 atom stereocenters. The van der Waals surface area contributed by atoms with E-state index in [1.807, 2.05) is 13.0 Å². The van der Waals surface area contributed by atoms with Crippen molar-refractivity contribution in [2.24, 2.45) is 5.92 Å². The SMILES string of the molecule is CCCOc1cc(C)nc(NCC2CCSCC2)n1. The first-order chi connectivity index (χ1) is 9.28. The fourth-order valence-corrected chi connectivity index (χ4v) is 3.29. The molecule has 0 amide bonds. The molecule has 1 N–H and O–H groups in total. The third-order valence-electron chi connectivity index (χ3n) is 3.17. The summed E-state index contributed by atoms with van der Waals surface area (Å²) >= 11 is 2.06. The zero-order chi connectivity index (χ0) is 13.5. The summed E-state index contributed by atoms with van der Waals surface area (Å²) in [7, 11) is 0. The number of aryl methyl sites for hydroxylation is 1. The maximum Gasteiger partial charge on any atom is 0.226 e. The lowest BCUT2D eigenvalue weighted by Crippen LogP contribution is -2.20. The summed E-state index contributed by atoms with van der Waals surface area (Å²) in [4.78, 5) is 8.82. The standard InChI is InChI=1S/C14H23N3OS/c1-3-6-18-13-9-11(2)16-14(17-13)15-10-12-4-7-19-8-5-12/h9,12H,3-8,10H2,1-2H3,(H,15,16,17). The molecular weight excluding hydrogens is 258 g/mol. The number of nitrogens with zero attached hydrogens (tertiary/aromatic N) is 2. The Hall–Kier alpha value is -0.970. The maximum atomic E-state index is 5.57. The van der Waals surface area contributed by atoms with Crippen LogP contribution >= 0.6 is 11.8 Å². The zero-order valence-corrected chi connectivity index (χ0v) is 12.6. The van der Waals surface area contributed by atoms with E-state index in [0.717, 1.165) is 24.6 Å². The second-order valence-electron chi connectivity index (χ2n) is 4.96. The molecule has 2 heterocycles. The summed E-state index contributed by atoms with van der Waals surface area (Å²) in [6.07, 6.45) is 3.58. The van der Waals surface area contributed by atoms with Gasteiger partial charge in [-0.25, -0.2) is 4.98 Å². The highest BCUT2D eigenvalue weighted by Gasteiger charge is 2.14. The normalized spacial score (nSPS) is 16.3. The quantitative estimate of drug-likeness (QED) is 0.868. The van der Waals surface area contributed by atoms with Gasteiger partial charge in [0.15, 0.2) is 0 Å². The van der Waals surface area contributed by atoms with Crippen LogP contribution in [0, 0.1) is 12.8 Å². The Morgan fingerprint density at radius 2 is 2.16 bits per heavy atom. The number of nitrogens with one attached hydrogen (secondary N) is 1. The van der Waals surface area contributed by atoms with Crippen LogP contribution < -0.4 is 10.1 Å². The average molecular weight is 281 g/mol. The van der Waals surface area contributed by atoms with Gasteiger partial charge in [-0.05, 0) is 43.6 Å². The van der Waals surface area contributed by atoms with Crippen LogP contribution in [0.1, 0.15) is 31.9 Å². The van der Waals surface area contributed by atoms with Crippen molar-refractivity contribution >= 4 is 17.7 Å². The largest absolute Gasteiger partial charge is 0.478 e. The van der Waals surface area contributed by atoms with Crippen molar-refractivity contribution in [1.29, 1.82) is 0 Å². The van der Waals surface area contributed by atoms with Gasteiger partial charge in [0.25, 0.3) is 0 Å². The van der Waals surface area contributed by atoms with Crippen molar-refractivity contribution in [2.75, 3.05) is 30.0 Å². The molecule has 0 unspecified atom stereocenters. The number of thioether (sulfide) groups is 1. The molecule has 1 saturated heterocycles. The van der Waals surface area contributed by atoms with Crippen LogP contribution in [0.2, 0.25) is 0 Å². The molecule has 1 aromatic rings. The second-order valence-corrected chi connectivity index (χ2v) is 6.18. The van der Waals surface area contributed by atoms with Crippen molar-refractivity contribution in [3.63, 3.8) is 0 Å². The average Bonchev–Trinajstić information content (AvgIpc) is 2.43. The van der Waals surface area contributed by atoms with Gasteiger partial charge in [0.1, 0.15) is 0 Å². The van der Waals surface area contributed by atoms with Crippen molar-refractivity contribution in [1.82, 2.24) is 9.97 Å². The minimum absolute atomic E-state index is 0.677. The number of hydrogen-bond donors (Lipinski definition) is 1. The molecule has 1 aliphatic rings. The van der Waals surface area contributed by atoms with Crippen molar-refractivity contribution in [3.05, 3.63) is 11.8 Å². The van der Waals surface area contributed by atoms with Crippen LogP contribution in [-0.2, 0) is 0 Å². The third-order valence-corrected chi connectivity index (χ3v) is 4.22. The smallest absolute Gasteiger partial charge is 0.226 e. The molecule has 0 bridgehead atoms. The number of rotatable bonds is 6. The fourth-order valence-electron chi connectivity index (χ4n) is 2.09. The highest BCUT2D eigenvalue weighted by Crippen LogP contribution is 2.23. The van der Waals surface area contributed by atoms with E-state index in [2.05, 4.69) is 34.0 Å². The molecule has 4 nitrogen and oxygen atoms in total. The Morgan fingerprint density at radius 1 is 1.37 bits per heavy atom. The van der Waals surface area contributed by atoms with E-state index in [1.54, 1.807) is 0 Å².